The van der Waals surface area contributed by atoms with Crippen molar-refractivity contribution < 1.29 is 9.53 Å². The van der Waals surface area contributed by atoms with Crippen molar-refractivity contribution in [3.05, 3.63) is 59.8 Å². The zero-order valence-electron chi connectivity index (χ0n) is 15.9. The fraction of sp³-hybridized carbons (Fsp3) is 0.304. The van der Waals surface area contributed by atoms with Gasteiger partial charge in [-0.05, 0) is 35.4 Å². The van der Waals surface area contributed by atoms with E-state index in [9.17, 15) is 4.79 Å². The molecule has 0 unspecified atom stereocenters. The molecule has 1 aromatic heterocycles. The lowest BCUT2D eigenvalue weighted by molar-refractivity contribution is -0.132. The lowest BCUT2D eigenvalue weighted by Gasteiger charge is -2.32. The van der Waals surface area contributed by atoms with E-state index < -0.39 is 0 Å². The van der Waals surface area contributed by atoms with Crippen molar-refractivity contribution in [2.24, 2.45) is 0 Å². The van der Waals surface area contributed by atoms with Crippen LogP contribution in [0.3, 0.4) is 0 Å². The number of fused-ring (bicyclic) bond motifs is 1. The van der Waals surface area contributed by atoms with Gasteiger partial charge in [0.15, 0.2) is 0 Å². The molecule has 0 radical (unpaired) electrons. The van der Waals surface area contributed by atoms with Gasteiger partial charge in [-0.3, -0.25) is 9.78 Å². The summed E-state index contributed by atoms with van der Waals surface area (Å²) in [7, 11) is 0. The third-order valence-electron chi connectivity index (χ3n) is 5.28. The average molecular weight is 395 g/mol. The van der Waals surface area contributed by atoms with Crippen LogP contribution in [0.25, 0.3) is 22.0 Å². The Kier molecular flexibility index (Phi) is 5.49. The molecule has 4 rings (SSSR count). The first-order valence-electron chi connectivity index (χ1n) is 9.73. The summed E-state index contributed by atoms with van der Waals surface area (Å²) in [6, 6.07) is 16.1. The highest BCUT2D eigenvalue weighted by Gasteiger charge is 2.22. The maximum atomic E-state index is 11.8. The van der Waals surface area contributed by atoms with Crippen molar-refractivity contribution in [3.8, 4) is 16.9 Å². The van der Waals surface area contributed by atoms with Gasteiger partial charge in [-0.2, -0.15) is 0 Å². The summed E-state index contributed by atoms with van der Waals surface area (Å²) in [5.74, 6) is 1.10. The highest BCUT2D eigenvalue weighted by Crippen LogP contribution is 2.29. The molecule has 0 atom stereocenters. The molecule has 2 heterocycles. The smallest absolute Gasteiger partial charge is 0.222 e. The van der Waals surface area contributed by atoms with E-state index in [0.717, 1.165) is 53.7 Å². The second kappa shape index (κ2) is 8.19. The SMILES string of the molecule is CCC(=O)N1CCC(Oc2ccc(-c3ccc4c(Cl)ccnc4c3)cc2)CC1. The molecule has 0 N–H and O–H groups in total. The van der Waals surface area contributed by atoms with Crippen molar-refractivity contribution in [2.75, 3.05) is 13.1 Å². The van der Waals surface area contributed by atoms with Gasteiger partial charge in [0.25, 0.3) is 0 Å². The number of amides is 1. The van der Waals surface area contributed by atoms with Crippen LogP contribution in [0.4, 0.5) is 0 Å². The molecule has 3 aromatic rings. The minimum absolute atomic E-state index is 0.166. The number of rotatable bonds is 4. The van der Waals surface area contributed by atoms with Crippen LogP contribution in [0.5, 0.6) is 5.75 Å². The Labute approximate surface area is 170 Å². The van der Waals surface area contributed by atoms with Gasteiger partial charge in [0.05, 0.1) is 10.5 Å². The van der Waals surface area contributed by atoms with Crippen LogP contribution in [0, 0.1) is 0 Å². The number of hydrogen-bond acceptors (Lipinski definition) is 3. The second-order valence-electron chi connectivity index (χ2n) is 7.10. The van der Waals surface area contributed by atoms with E-state index in [1.165, 1.54) is 0 Å². The van der Waals surface area contributed by atoms with Gasteiger partial charge in [0.2, 0.25) is 5.91 Å². The Balaban J connectivity index is 1.43. The van der Waals surface area contributed by atoms with E-state index in [1.807, 2.05) is 30.0 Å². The van der Waals surface area contributed by atoms with Crippen LogP contribution < -0.4 is 4.74 Å². The summed E-state index contributed by atoms with van der Waals surface area (Å²) in [4.78, 5) is 18.1. The number of piperidine rings is 1. The van der Waals surface area contributed by atoms with Gasteiger partial charge in [0.1, 0.15) is 11.9 Å². The normalized spacial score (nSPS) is 15.0. The van der Waals surface area contributed by atoms with Crippen LogP contribution >= 0.6 is 11.6 Å². The van der Waals surface area contributed by atoms with Crippen molar-refractivity contribution in [3.63, 3.8) is 0 Å². The number of benzene rings is 2. The predicted molar refractivity (Wildman–Crippen MR) is 113 cm³/mol. The largest absolute Gasteiger partial charge is 0.490 e. The summed E-state index contributed by atoms with van der Waals surface area (Å²) in [6.45, 7) is 3.47. The summed E-state index contributed by atoms with van der Waals surface area (Å²) in [5, 5.41) is 1.67. The quantitative estimate of drug-likeness (QED) is 0.600. The van der Waals surface area contributed by atoms with E-state index >= 15 is 0 Å². The number of carbonyl (C=O) groups excluding carboxylic acids is 1. The monoisotopic (exact) mass is 394 g/mol. The number of halogens is 1. The van der Waals surface area contributed by atoms with Crippen LogP contribution in [0.15, 0.2) is 54.7 Å². The number of carbonyl (C=O) groups is 1. The van der Waals surface area contributed by atoms with Crippen LogP contribution in [-0.4, -0.2) is 35.0 Å². The maximum absolute atomic E-state index is 11.8. The minimum atomic E-state index is 0.166. The first-order valence-corrected chi connectivity index (χ1v) is 10.1. The zero-order valence-corrected chi connectivity index (χ0v) is 16.7. The number of pyridine rings is 1. The summed E-state index contributed by atoms with van der Waals surface area (Å²) < 4.78 is 6.13. The lowest BCUT2D eigenvalue weighted by Crippen LogP contribution is -2.41. The fourth-order valence-electron chi connectivity index (χ4n) is 3.66. The average Bonchev–Trinajstić information content (AvgIpc) is 2.74. The molecule has 0 aliphatic carbocycles. The zero-order chi connectivity index (χ0) is 19.5. The molecular weight excluding hydrogens is 372 g/mol. The molecule has 1 amide bonds. The molecular formula is C23H23ClN2O2. The molecule has 2 aromatic carbocycles. The molecule has 144 valence electrons. The fourth-order valence-corrected chi connectivity index (χ4v) is 3.87. The molecule has 5 heteroatoms. The molecule has 1 saturated heterocycles. The van der Waals surface area contributed by atoms with Crippen molar-refractivity contribution in [1.29, 1.82) is 0 Å². The van der Waals surface area contributed by atoms with Gasteiger partial charge < -0.3 is 9.64 Å². The third-order valence-corrected chi connectivity index (χ3v) is 5.61. The van der Waals surface area contributed by atoms with E-state index in [1.54, 1.807) is 12.3 Å². The Morgan fingerprint density at radius 3 is 2.54 bits per heavy atom. The van der Waals surface area contributed by atoms with E-state index in [-0.39, 0.29) is 12.0 Å². The number of aromatic nitrogens is 1. The molecule has 1 aliphatic heterocycles. The molecule has 0 saturated carbocycles. The Hall–Kier alpha value is -2.59. The minimum Gasteiger partial charge on any atom is -0.490 e. The van der Waals surface area contributed by atoms with E-state index in [0.29, 0.717) is 11.4 Å². The van der Waals surface area contributed by atoms with Crippen LogP contribution in [0.1, 0.15) is 26.2 Å². The highest BCUT2D eigenvalue weighted by molar-refractivity contribution is 6.35. The number of likely N-dealkylation sites (tertiary alicyclic amines) is 1. The Bertz CT molecular complexity index is 980. The van der Waals surface area contributed by atoms with Crippen LogP contribution in [0.2, 0.25) is 5.02 Å². The molecule has 0 spiro atoms. The first kappa shape index (κ1) is 18.8. The van der Waals surface area contributed by atoms with Crippen molar-refractivity contribution in [1.82, 2.24) is 9.88 Å². The van der Waals surface area contributed by atoms with Crippen molar-refractivity contribution in [2.45, 2.75) is 32.3 Å². The molecule has 4 nitrogen and oxygen atoms in total. The summed E-state index contributed by atoms with van der Waals surface area (Å²) in [5.41, 5.74) is 3.10. The highest BCUT2D eigenvalue weighted by atomic mass is 35.5. The number of ether oxygens (including phenoxy) is 1. The number of hydrogen-bond donors (Lipinski definition) is 0. The Morgan fingerprint density at radius 2 is 1.82 bits per heavy atom. The van der Waals surface area contributed by atoms with Gasteiger partial charge in [-0.25, -0.2) is 0 Å². The van der Waals surface area contributed by atoms with Gasteiger partial charge in [-0.15, -0.1) is 0 Å². The first-order chi connectivity index (χ1) is 13.6. The Morgan fingerprint density at radius 1 is 1.11 bits per heavy atom. The summed E-state index contributed by atoms with van der Waals surface area (Å²) in [6.07, 6.45) is 4.22. The van der Waals surface area contributed by atoms with E-state index in [2.05, 4.69) is 29.2 Å². The lowest BCUT2D eigenvalue weighted by atomic mass is 10.0. The number of nitrogens with zero attached hydrogens (tertiary/aromatic N) is 2. The maximum Gasteiger partial charge on any atom is 0.222 e. The van der Waals surface area contributed by atoms with Gasteiger partial charge in [0, 0.05) is 43.9 Å². The molecule has 28 heavy (non-hydrogen) atoms. The standard InChI is InChI=1S/C23H23ClN2O2/c1-2-23(27)26-13-10-19(11-14-26)28-18-6-3-16(4-7-18)17-5-8-20-21(24)9-12-25-22(20)15-17/h3-9,12,15,19H,2,10-11,13-14H2,1H3. The van der Waals surface area contributed by atoms with Gasteiger partial charge in [-0.1, -0.05) is 42.8 Å². The van der Waals surface area contributed by atoms with Crippen LogP contribution in [-0.2, 0) is 4.79 Å². The molecule has 0 bridgehead atoms. The summed E-state index contributed by atoms with van der Waals surface area (Å²) >= 11 is 6.23. The molecule has 1 aliphatic rings. The topological polar surface area (TPSA) is 42.4 Å². The predicted octanol–water partition coefficient (Wildman–Crippen LogP) is 5.34. The van der Waals surface area contributed by atoms with Crippen molar-refractivity contribution >= 4 is 28.4 Å². The van der Waals surface area contributed by atoms with Gasteiger partial charge >= 0.3 is 0 Å². The molecule has 1 fully saturated rings. The van der Waals surface area contributed by atoms with E-state index in [4.69, 9.17) is 16.3 Å². The second-order valence-corrected chi connectivity index (χ2v) is 7.51. The third kappa shape index (κ3) is 3.97.